The molecule has 2 aromatic heterocycles. The fourth-order valence-electron chi connectivity index (χ4n) is 1.61. The zero-order valence-electron chi connectivity index (χ0n) is 7.40. The minimum atomic E-state index is 0.584. The van der Waals surface area contributed by atoms with Crippen molar-refractivity contribution in [2.45, 2.75) is 0 Å². The molecule has 3 aromatic rings. The molecular weight excluding hydrogens is 192 g/mol. The molecule has 0 aliphatic rings. The van der Waals surface area contributed by atoms with Gasteiger partial charge in [-0.3, -0.25) is 0 Å². The Balaban J connectivity index is 2.58. The molecule has 0 spiro atoms. The van der Waals surface area contributed by atoms with E-state index in [4.69, 9.17) is 5.73 Å². The molecule has 0 amide bonds. The molecule has 0 saturated heterocycles. The highest BCUT2D eigenvalue weighted by atomic mass is 32.1. The van der Waals surface area contributed by atoms with Crippen LogP contribution < -0.4 is 5.73 Å². The third kappa shape index (κ3) is 0.992. The number of nitrogen functional groups attached to an aromatic ring is 1. The van der Waals surface area contributed by atoms with Gasteiger partial charge in [0.1, 0.15) is 5.82 Å². The molecule has 0 saturated carbocycles. The van der Waals surface area contributed by atoms with Gasteiger partial charge < -0.3 is 5.73 Å². The molecule has 2 N–H and O–H groups in total. The Kier molecular flexibility index (Phi) is 1.49. The number of pyridine rings is 1. The molecule has 0 fully saturated rings. The molecule has 68 valence electrons. The van der Waals surface area contributed by atoms with Gasteiger partial charge in [-0.15, -0.1) is 11.3 Å². The fraction of sp³-hybridized carbons (Fsp3) is 0. The van der Waals surface area contributed by atoms with Crippen LogP contribution in [0, 0.1) is 0 Å². The molecule has 14 heavy (non-hydrogen) atoms. The van der Waals surface area contributed by atoms with Crippen LogP contribution in [0.25, 0.3) is 20.3 Å². The molecule has 3 rings (SSSR count). The van der Waals surface area contributed by atoms with Crippen LogP contribution in [0.4, 0.5) is 5.82 Å². The largest absolute Gasteiger partial charge is 0.384 e. The molecular formula is C11H8N2S. The van der Waals surface area contributed by atoms with E-state index < -0.39 is 0 Å². The molecule has 2 heterocycles. The molecule has 1 aromatic carbocycles. The van der Waals surface area contributed by atoms with E-state index in [-0.39, 0.29) is 0 Å². The Hall–Kier alpha value is -1.61. The van der Waals surface area contributed by atoms with Crippen LogP contribution >= 0.6 is 11.3 Å². The summed E-state index contributed by atoms with van der Waals surface area (Å²) in [4.78, 5) is 4.35. The van der Waals surface area contributed by atoms with Crippen LogP contribution in [0.3, 0.4) is 0 Å². The van der Waals surface area contributed by atoms with E-state index in [2.05, 4.69) is 17.1 Å². The van der Waals surface area contributed by atoms with Gasteiger partial charge in [-0.1, -0.05) is 18.2 Å². The van der Waals surface area contributed by atoms with Gasteiger partial charge in [0.25, 0.3) is 0 Å². The summed E-state index contributed by atoms with van der Waals surface area (Å²) in [6.45, 7) is 0. The normalized spacial score (nSPS) is 11.1. The maximum absolute atomic E-state index is 5.67. The number of nitrogens with two attached hydrogens (primary N) is 1. The second-order valence-electron chi connectivity index (χ2n) is 3.18. The lowest BCUT2D eigenvalue weighted by molar-refractivity contribution is 1.44. The second-order valence-corrected chi connectivity index (χ2v) is 4.26. The van der Waals surface area contributed by atoms with Crippen LogP contribution in [0.5, 0.6) is 0 Å². The first-order chi connectivity index (χ1) is 6.84. The predicted molar refractivity (Wildman–Crippen MR) is 61.5 cm³/mol. The van der Waals surface area contributed by atoms with E-state index in [1.54, 1.807) is 11.3 Å². The van der Waals surface area contributed by atoms with Crippen molar-refractivity contribution in [3.05, 3.63) is 36.4 Å². The van der Waals surface area contributed by atoms with Crippen molar-refractivity contribution in [3.63, 3.8) is 0 Å². The van der Waals surface area contributed by atoms with Gasteiger partial charge in [0.2, 0.25) is 0 Å². The quantitative estimate of drug-likeness (QED) is 0.605. The monoisotopic (exact) mass is 200 g/mol. The topological polar surface area (TPSA) is 38.9 Å². The third-order valence-electron chi connectivity index (χ3n) is 2.24. The summed E-state index contributed by atoms with van der Waals surface area (Å²) in [7, 11) is 0. The highest BCUT2D eigenvalue weighted by Crippen LogP contribution is 2.32. The molecule has 0 radical (unpaired) electrons. The number of hydrogen-bond donors (Lipinski definition) is 1. The molecule has 0 aliphatic heterocycles. The lowest BCUT2D eigenvalue weighted by atomic mass is 10.2. The maximum atomic E-state index is 5.67. The molecule has 0 bridgehead atoms. The first kappa shape index (κ1) is 7.76. The smallest absolute Gasteiger partial charge is 0.124 e. The summed E-state index contributed by atoms with van der Waals surface area (Å²) < 4.78 is 2.46. The van der Waals surface area contributed by atoms with Crippen molar-refractivity contribution in [2.75, 3.05) is 5.73 Å². The van der Waals surface area contributed by atoms with Crippen LogP contribution in [-0.4, -0.2) is 4.98 Å². The van der Waals surface area contributed by atoms with Crippen LogP contribution in [0.2, 0.25) is 0 Å². The van der Waals surface area contributed by atoms with Crippen LogP contribution in [0.1, 0.15) is 0 Å². The number of aromatic nitrogens is 1. The number of fused-ring (bicyclic) bond motifs is 3. The van der Waals surface area contributed by atoms with E-state index in [1.807, 2.05) is 24.3 Å². The minimum Gasteiger partial charge on any atom is -0.384 e. The predicted octanol–water partition coefficient (Wildman–Crippen LogP) is 3.03. The van der Waals surface area contributed by atoms with E-state index in [0.29, 0.717) is 5.82 Å². The van der Waals surface area contributed by atoms with Gasteiger partial charge in [-0.25, -0.2) is 4.98 Å². The molecule has 2 nitrogen and oxygen atoms in total. The highest BCUT2D eigenvalue weighted by Gasteiger charge is 2.04. The Morgan fingerprint density at radius 3 is 2.79 bits per heavy atom. The Labute approximate surface area is 85.0 Å². The second kappa shape index (κ2) is 2.69. The van der Waals surface area contributed by atoms with Gasteiger partial charge in [0, 0.05) is 10.1 Å². The van der Waals surface area contributed by atoms with E-state index in [9.17, 15) is 0 Å². The average Bonchev–Trinajstić information content (AvgIpc) is 2.56. The molecule has 0 aliphatic carbocycles. The Morgan fingerprint density at radius 1 is 1.00 bits per heavy atom. The van der Waals surface area contributed by atoms with Gasteiger partial charge >= 0.3 is 0 Å². The number of rotatable bonds is 0. The van der Waals surface area contributed by atoms with E-state index in [1.165, 1.54) is 14.8 Å². The van der Waals surface area contributed by atoms with E-state index in [0.717, 1.165) is 5.52 Å². The van der Waals surface area contributed by atoms with Crippen molar-refractivity contribution < 1.29 is 0 Å². The van der Waals surface area contributed by atoms with E-state index >= 15 is 0 Å². The van der Waals surface area contributed by atoms with Crippen molar-refractivity contribution in [3.8, 4) is 0 Å². The summed E-state index contributed by atoms with van der Waals surface area (Å²) in [5.41, 5.74) is 6.69. The number of anilines is 1. The summed E-state index contributed by atoms with van der Waals surface area (Å²) in [5, 5.41) is 1.19. The summed E-state index contributed by atoms with van der Waals surface area (Å²) >= 11 is 1.75. The zero-order valence-corrected chi connectivity index (χ0v) is 8.21. The summed E-state index contributed by atoms with van der Waals surface area (Å²) in [6, 6.07) is 12.1. The third-order valence-corrected chi connectivity index (χ3v) is 3.37. The number of nitrogens with zero attached hydrogens (tertiary/aromatic N) is 1. The first-order valence-electron chi connectivity index (χ1n) is 4.38. The van der Waals surface area contributed by atoms with Crippen LogP contribution in [-0.2, 0) is 0 Å². The number of benzene rings is 1. The first-order valence-corrected chi connectivity index (χ1v) is 5.20. The minimum absolute atomic E-state index is 0.584. The molecule has 0 unspecified atom stereocenters. The van der Waals surface area contributed by atoms with Gasteiger partial charge in [-0.05, 0) is 18.2 Å². The standard InChI is InChI=1S/C11H8N2S/c12-10-6-5-9-11(13-10)7-3-1-2-4-8(7)14-9/h1-6H,(H2,12,13). The van der Waals surface area contributed by atoms with Gasteiger partial charge in [-0.2, -0.15) is 0 Å². The van der Waals surface area contributed by atoms with Crippen molar-refractivity contribution >= 4 is 37.5 Å². The fourth-order valence-corrected chi connectivity index (χ4v) is 2.65. The van der Waals surface area contributed by atoms with Crippen molar-refractivity contribution in [2.24, 2.45) is 0 Å². The highest BCUT2D eigenvalue weighted by molar-refractivity contribution is 7.25. The van der Waals surface area contributed by atoms with Crippen molar-refractivity contribution in [1.82, 2.24) is 4.98 Å². The maximum Gasteiger partial charge on any atom is 0.124 e. The lowest BCUT2D eigenvalue weighted by Gasteiger charge is -1.92. The Bertz CT molecular complexity index is 613. The Morgan fingerprint density at radius 2 is 1.86 bits per heavy atom. The average molecular weight is 200 g/mol. The lowest BCUT2D eigenvalue weighted by Crippen LogP contribution is -1.87. The zero-order chi connectivity index (χ0) is 9.54. The number of thiophene rings is 1. The van der Waals surface area contributed by atoms with Gasteiger partial charge in [0.15, 0.2) is 0 Å². The van der Waals surface area contributed by atoms with Crippen molar-refractivity contribution in [1.29, 1.82) is 0 Å². The van der Waals surface area contributed by atoms with Gasteiger partial charge in [0.05, 0.1) is 10.2 Å². The molecule has 3 heteroatoms. The SMILES string of the molecule is Nc1ccc2sc3ccccc3c2n1. The summed E-state index contributed by atoms with van der Waals surface area (Å²) in [5.74, 6) is 0.584. The summed E-state index contributed by atoms with van der Waals surface area (Å²) in [6.07, 6.45) is 0. The number of hydrogen-bond acceptors (Lipinski definition) is 3. The molecule has 0 atom stereocenters. The van der Waals surface area contributed by atoms with Crippen LogP contribution in [0.15, 0.2) is 36.4 Å².